The second-order valence-electron chi connectivity index (χ2n) is 8.32. The lowest BCUT2D eigenvalue weighted by atomic mass is 9.88. The van der Waals surface area contributed by atoms with E-state index < -0.39 is 0 Å². The smallest absolute Gasteiger partial charge is 0.0445 e. The summed E-state index contributed by atoms with van der Waals surface area (Å²) in [6.07, 6.45) is 19.4. The number of hydrogen-bond donors (Lipinski definition) is 0. The molecular formula is C24H31N. The van der Waals surface area contributed by atoms with Gasteiger partial charge in [0.05, 0.1) is 0 Å². The zero-order chi connectivity index (χ0) is 18.0. The summed E-state index contributed by atoms with van der Waals surface area (Å²) < 4.78 is 2.45. The third-order valence-electron chi connectivity index (χ3n) is 5.25. The lowest BCUT2D eigenvalue weighted by Gasteiger charge is -2.17. The second-order valence-corrected chi connectivity index (χ2v) is 8.32. The summed E-state index contributed by atoms with van der Waals surface area (Å²) in [6, 6.07) is 2.42. The number of allylic oxidation sites excluding steroid dienone is 10. The maximum absolute atomic E-state index is 2.45. The topological polar surface area (TPSA) is 4.93 Å². The number of aromatic nitrogens is 1. The molecule has 1 aromatic heterocycles. The van der Waals surface area contributed by atoms with Gasteiger partial charge in [0.25, 0.3) is 0 Å². The van der Waals surface area contributed by atoms with Crippen molar-refractivity contribution in [2.24, 2.45) is 0 Å². The Bertz CT molecular complexity index is 798. The van der Waals surface area contributed by atoms with Gasteiger partial charge in [-0.05, 0) is 73.0 Å². The number of rotatable bonds is 4. The summed E-state index contributed by atoms with van der Waals surface area (Å²) in [6.45, 7) is 12.2. The van der Waals surface area contributed by atoms with Gasteiger partial charge in [-0.2, -0.15) is 0 Å². The molecule has 1 nitrogen and oxygen atoms in total. The Kier molecular flexibility index (Phi) is 5.03. The van der Waals surface area contributed by atoms with Crippen molar-refractivity contribution in [2.45, 2.75) is 65.8 Å². The predicted octanol–water partition coefficient (Wildman–Crippen LogP) is 6.74. The van der Waals surface area contributed by atoms with Gasteiger partial charge in [-0.15, -0.1) is 0 Å². The molecule has 1 heteroatoms. The lowest BCUT2D eigenvalue weighted by molar-refractivity contribution is 0.587. The molecule has 0 amide bonds. The van der Waals surface area contributed by atoms with E-state index in [9.17, 15) is 0 Å². The second kappa shape index (κ2) is 7.07. The first-order valence-electron chi connectivity index (χ1n) is 9.48. The molecule has 1 aromatic rings. The van der Waals surface area contributed by atoms with Crippen LogP contribution < -0.4 is 0 Å². The highest BCUT2D eigenvalue weighted by molar-refractivity contribution is 5.71. The maximum atomic E-state index is 2.45. The van der Waals surface area contributed by atoms with E-state index in [1.165, 1.54) is 33.5 Å². The molecule has 0 spiro atoms. The van der Waals surface area contributed by atoms with Gasteiger partial charge >= 0.3 is 0 Å². The van der Waals surface area contributed by atoms with Crippen LogP contribution in [0.2, 0.25) is 0 Å². The SMILES string of the molecule is CC=C(C)Cn1cc(C(C)(C)C)cc1C1=CC(C2=CC=CC2)=CCC1. The van der Waals surface area contributed by atoms with Crippen molar-refractivity contribution in [2.75, 3.05) is 0 Å². The van der Waals surface area contributed by atoms with Crippen LogP contribution in [0.3, 0.4) is 0 Å². The molecule has 0 N–H and O–H groups in total. The van der Waals surface area contributed by atoms with Crippen LogP contribution in [0.25, 0.3) is 5.57 Å². The fourth-order valence-corrected chi connectivity index (χ4v) is 3.47. The molecule has 25 heavy (non-hydrogen) atoms. The molecule has 3 rings (SSSR count). The van der Waals surface area contributed by atoms with Gasteiger partial charge < -0.3 is 4.57 Å². The van der Waals surface area contributed by atoms with Crippen molar-refractivity contribution < 1.29 is 0 Å². The Morgan fingerprint density at radius 3 is 2.68 bits per heavy atom. The molecule has 0 saturated carbocycles. The Morgan fingerprint density at radius 2 is 2.04 bits per heavy atom. The molecule has 2 aliphatic carbocycles. The lowest BCUT2D eigenvalue weighted by Crippen LogP contribution is -2.09. The molecule has 0 saturated heterocycles. The summed E-state index contributed by atoms with van der Waals surface area (Å²) in [5, 5.41) is 0. The molecule has 0 unspecified atom stereocenters. The molecule has 2 aliphatic rings. The monoisotopic (exact) mass is 333 g/mol. The van der Waals surface area contributed by atoms with Gasteiger partial charge in [0.1, 0.15) is 0 Å². The van der Waals surface area contributed by atoms with Crippen LogP contribution in [-0.4, -0.2) is 4.57 Å². The molecule has 0 radical (unpaired) electrons. The zero-order valence-electron chi connectivity index (χ0n) is 16.4. The maximum Gasteiger partial charge on any atom is 0.0445 e. The Hall–Kier alpha value is -2.02. The average molecular weight is 334 g/mol. The third-order valence-corrected chi connectivity index (χ3v) is 5.25. The fraction of sp³-hybridized carbons (Fsp3) is 0.417. The molecule has 0 aliphatic heterocycles. The summed E-state index contributed by atoms with van der Waals surface area (Å²) in [7, 11) is 0. The minimum absolute atomic E-state index is 0.176. The van der Waals surface area contributed by atoms with Gasteiger partial charge in [0, 0.05) is 18.4 Å². The van der Waals surface area contributed by atoms with Crippen LogP contribution in [0.15, 0.2) is 65.4 Å². The standard InChI is InChI=1S/C24H31N/c1-6-18(2)16-25-17-22(24(3,4)5)15-23(25)21-13-9-12-20(14-21)19-10-7-8-11-19/h6-8,10,12,14-15,17H,9,11,13,16H2,1-5H3. The Balaban J connectivity index is 2.00. The highest BCUT2D eigenvalue weighted by Gasteiger charge is 2.21. The highest BCUT2D eigenvalue weighted by atomic mass is 15.0. The van der Waals surface area contributed by atoms with E-state index in [4.69, 9.17) is 0 Å². The van der Waals surface area contributed by atoms with Crippen LogP contribution in [0.4, 0.5) is 0 Å². The number of nitrogens with zero attached hydrogens (tertiary/aromatic N) is 1. The van der Waals surface area contributed by atoms with Gasteiger partial charge in [0.2, 0.25) is 0 Å². The van der Waals surface area contributed by atoms with Crippen molar-refractivity contribution in [1.82, 2.24) is 4.57 Å². The van der Waals surface area contributed by atoms with E-state index >= 15 is 0 Å². The van der Waals surface area contributed by atoms with Crippen molar-refractivity contribution in [3.8, 4) is 0 Å². The summed E-state index contributed by atoms with van der Waals surface area (Å²) >= 11 is 0. The van der Waals surface area contributed by atoms with Crippen LogP contribution in [0, 0.1) is 0 Å². The fourth-order valence-electron chi connectivity index (χ4n) is 3.47. The van der Waals surface area contributed by atoms with Crippen LogP contribution >= 0.6 is 0 Å². The van der Waals surface area contributed by atoms with Crippen LogP contribution in [0.5, 0.6) is 0 Å². The van der Waals surface area contributed by atoms with Crippen molar-refractivity contribution in [3.05, 3.63) is 76.7 Å². The Labute approximate surface area is 153 Å². The van der Waals surface area contributed by atoms with Gasteiger partial charge in [0.15, 0.2) is 0 Å². The van der Waals surface area contributed by atoms with Crippen molar-refractivity contribution >= 4 is 5.57 Å². The van der Waals surface area contributed by atoms with Gasteiger partial charge in [-0.3, -0.25) is 0 Å². The molecule has 0 fully saturated rings. The van der Waals surface area contributed by atoms with Gasteiger partial charge in [-0.1, -0.05) is 56.7 Å². The average Bonchev–Trinajstić information content (AvgIpc) is 3.24. The quantitative estimate of drug-likeness (QED) is 0.538. The van der Waals surface area contributed by atoms with E-state index in [0.717, 1.165) is 25.8 Å². The normalized spacial score (nSPS) is 18.3. The molecule has 0 bridgehead atoms. The summed E-state index contributed by atoms with van der Waals surface area (Å²) in [5.74, 6) is 0. The summed E-state index contributed by atoms with van der Waals surface area (Å²) in [5.41, 5.74) is 8.75. The molecule has 0 aromatic carbocycles. The van der Waals surface area contributed by atoms with E-state index in [0.29, 0.717) is 0 Å². The molecule has 1 heterocycles. The van der Waals surface area contributed by atoms with Gasteiger partial charge in [-0.25, -0.2) is 0 Å². The van der Waals surface area contributed by atoms with E-state index in [1.54, 1.807) is 0 Å². The van der Waals surface area contributed by atoms with E-state index in [2.05, 4.69) is 87.9 Å². The largest absolute Gasteiger partial charge is 0.343 e. The predicted molar refractivity (Wildman–Crippen MR) is 110 cm³/mol. The van der Waals surface area contributed by atoms with E-state index in [-0.39, 0.29) is 5.41 Å². The first-order valence-corrected chi connectivity index (χ1v) is 9.48. The molecule has 0 atom stereocenters. The molecule has 132 valence electrons. The minimum atomic E-state index is 0.176. The first-order chi connectivity index (χ1) is 11.9. The Morgan fingerprint density at radius 1 is 1.24 bits per heavy atom. The molecular weight excluding hydrogens is 302 g/mol. The number of hydrogen-bond acceptors (Lipinski definition) is 0. The third kappa shape index (κ3) is 3.98. The highest BCUT2D eigenvalue weighted by Crippen LogP contribution is 2.35. The first kappa shape index (κ1) is 17.8. The zero-order valence-corrected chi connectivity index (χ0v) is 16.4. The van der Waals surface area contributed by atoms with Crippen molar-refractivity contribution in [3.63, 3.8) is 0 Å². The van der Waals surface area contributed by atoms with E-state index in [1.807, 2.05) is 0 Å². The van der Waals surface area contributed by atoms with Crippen LogP contribution in [0.1, 0.15) is 65.1 Å². The summed E-state index contributed by atoms with van der Waals surface area (Å²) in [4.78, 5) is 0. The van der Waals surface area contributed by atoms with Crippen LogP contribution in [-0.2, 0) is 12.0 Å². The van der Waals surface area contributed by atoms with Crippen molar-refractivity contribution in [1.29, 1.82) is 0 Å². The minimum Gasteiger partial charge on any atom is -0.343 e.